The van der Waals surface area contributed by atoms with E-state index in [1.807, 2.05) is 0 Å². The van der Waals surface area contributed by atoms with Crippen LogP contribution in [0, 0.1) is 0 Å². The lowest BCUT2D eigenvalue weighted by Gasteiger charge is -2.56. The smallest absolute Gasteiger partial charge is 0.352 e. The Balaban J connectivity index is 1.88. The lowest BCUT2D eigenvalue weighted by Crippen LogP contribution is -2.81. The van der Waals surface area contributed by atoms with Gasteiger partial charge in [-0.1, -0.05) is 30.3 Å². The molecule has 178 valence electrons. The number of β-lactam (4-membered cyclic amide) rings is 1. The lowest BCUT2D eigenvalue weighted by molar-refractivity contribution is -0.200. The molecule has 0 radical (unpaired) electrons. The highest BCUT2D eigenvalue weighted by Gasteiger charge is 2.67. The Morgan fingerprint density at radius 2 is 2.00 bits per heavy atom. The van der Waals surface area contributed by atoms with Crippen LogP contribution in [0.5, 0.6) is 0 Å². The van der Waals surface area contributed by atoms with Gasteiger partial charge >= 0.3 is 11.9 Å². The predicted molar refractivity (Wildman–Crippen MR) is 116 cm³/mol. The second-order valence-electron chi connectivity index (χ2n) is 7.33. The zero-order valence-corrected chi connectivity index (χ0v) is 18.9. The SMILES string of the molecule is COCCOC1(NC(=O)C(N)c2ccccc2)C(=O)N2C(C(=O)O)=C(COC(C)=O)CS[C@@H]21. The summed E-state index contributed by atoms with van der Waals surface area (Å²) in [5, 5.41) is 11.5. The van der Waals surface area contributed by atoms with Gasteiger partial charge in [0.25, 0.3) is 11.6 Å². The van der Waals surface area contributed by atoms with Crippen LogP contribution in [0.1, 0.15) is 18.5 Å². The number of carboxylic acids is 1. The van der Waals surface area contributed by atoms with E-state index in [1.165, 1.54) is 25.8 Å². The number of carbonyl (C=O) groups excluding carboxylic acids is 3. The molecule has 3 atom stereocenters. The minimum absolute atomic E-state index is 0.0274. The topological polar surface area (TPSA) is 157 Å². The number of hydrogen-bond donors (Lipinski definition) is 3. The van der Waals surface area contributed by atoms with Gasteiger partial charge in [0.15, 0.2) is 0 Å². The maximum atomic E-state index is 13.3. The van der Waals surface area contributed by atoms with Gasteiger partial charge in [-0.05, 0) is 5.56 Å². The van der Waals surface area contributed by atoms with Crippen LogP contribution in [-0.2, 0) is 33.4 Å². The maximum absolute atomic E-state index is 13.3. The number of carbonyl (C=O) groups is 4. The van der Waals surface area contributed by atoms with E-state index in [9.17, 15) is 24.3 Å². The summed E-state index contributed by atoms with van der Waals surface area (Å²) >= 11 is 1.18. The third-order valence-corrected chi connectivity index (χ3v) is 6.50. The number of nitrogens with zero attached hydrogens (tertiary/aromatic N) is 1. The van der Waals surface area contributed by atoms with Crippen molar-refractivity contribution in [3.05, 3.63) is 47.2 Å². The van der Waals surface area contributed by atoms with Gasteiger partial charge in [-0.3, -0.25) is 19.3 Å². The Kier molecular flexibility index (Phi) is 7.74. The van der Waals surface area contributed by atoms with Gasteiger partial charge in [0.2, 0.25) is 5.91 Å². The molecule has 12 heteroatoms. The summed E-state index contributed by atoms with van der Waals surface area (Å²) < 4.78 is 15.7. The zero-order chi connectivity index (χ0) is 24.2. The van der Waals surface area contributed by atoms with Gasteiger partial charge < -0.3 is 30.4 Å². The average Bonchev–Trinajstić information content (AvgIpc) is 2.81. The first-order chi connectivity index (χ1) is 15.7. The molecule has 2 amide bonds. The number of esters is 1. The minimum Gasteiger partial charge on any atom is -0.477 e. The number of nitrogens with one attached hydrogen (secondary N) is 1. The first kappa shape index (κ1) is 24.7. The van der Waals surface area contributed by atoms with E-state index in [0.29, 0.717) is 5.56 Å². The molecule has 1 aromatic rings. The molecule has 1 saturated heterocycles. The van der Waals surface area contributed by atoms with Gasteiger partial charge in [0.1, 0.15) is 23.7 Å². The Bertz CT molecular complexity index is 970. The molecule has 2 heterocycles. The molecule has 0 bridgehead atoms. The molecule has 2 aliphatic heterocycles. The number of hydrogen-bond acceptors (Lipinski definition) is 9. The summed E-state index contributed by atoms with van der Waals surface area (Å²) in [7, 11) is 1.46. The number of amides is 2. The highest BCUT2D eigenvalue weighted by molar-refractivity contribution is 8.00. The van der Waals surface area contributed by atoms with Crippen molar-refractivity contribution in [2.24, 2.45) is 5.73 Å². The van der Waals surface area contributed by atoms with E-state index >= 15 is 0 Å². The fourth-order valence-electron chi connectivity index (χ4n) is 3.53. The van der Waals surface area contributed by atoms with E-state index < -0.39 is 40.9 Å². The monoisotopic (exact) mass is 479 g/mol. The second-order valence-corrected chi connectivity index (χ2v) is 8.40. The molecular weight excluding hydrogens is 454 g/mol. The Hall–Kier alpha value is -2.93. The molecule has 4 N–H and O–H groups in total. The van der Waals surface area contributed by atoms with Gasteiger partial charge in [-0.25, -0.2) is 4.79 Å². The largest absolute Gasteiger partial charge is 0.477 e. The number of methoxy groups -OCH3 is 1. The molecule has 3 rings (SSSR count). The quantitative estimate of drug-likeness (QED) is 0.180. The zero-order valence-electron chi connectivity index (χ0n) is 18.1. The van der Waals surface area contributed by atoms with Crippen molar-refractivity contribution in [1.29, 1.82) is 0 Å². The van der Waals surface area contributed by atoms with E-state index in [4.69, 9.17) is 19.9 Å². The standard InChI is InChI=1S/C21H25N3O8S/c1-12(25)31-10-14-11-33-20-21(32-9-8-30-2,19(29)24(20)16(14)18(27)28)23-17(26)15(22)13-6-4-3-5-7-13/h3-7,15,20H,8-11,22H2,1-2H3,(H,23,26)(H,27,28)/t15?,20-,21?/m1/s1. The fourth-order valence-corrected chi connectivity index (χ4v) is 4.92. The molecule has 0 saturated carbocycles. The minimum atomic E-state index is -1.82. The molecule has 2 aliphatic rings. The summed E-state index contributed by atoms with van der Waals surface area (Å²) in [5.41, 5.74) is 4.78. The molecule has 2 unspecified atom stereocenters. The first-order valence-electron chi connectivity index (χ1n) is 10.0. The third-order valence-electron chi connectivity index (χ3n) is 5.13. The fraction of sp³-hybridized carbons (Fsp3) is 0.429. The Morgan fingerprint density at radius 1 is 1.30 bits per heavy atom. The van der Waals surface area contributed by atoms with Gasteiger partial charge in [-0.2, -0.15) is 0 Å². The predicted octanol–water partition coefficient (Wildman–Crippen LogP) is -0.0212. The van der Waals surface area contributed by atoms with E-state index in [0.717, 1.165) is 4.90 Å². The van der Waals surface area contributed by atoms with Crippen molar-refractivity contribution in [2.75, 3.05) is 32.7 Å². The normalized spacial score (nSPS) is 22.8. The van der Waals surface area contributed by atoms with Crippen LogP contribution < -0.4 is 11.1 Å². The van der Waals surface area contributed by atoms with E-state index in [-0.39, 0.29) is 36.8 Å². The number of nitrogens with two attached hydrogens (primary N) is 1. The number of benzene rings is 1. The van der Waals surface area contributed by atoms with Crippen LogP contribution >= 0.6 is 11.8 Å². The highest BCUT2D eigenvalue weighted by atomic mass is 32.2. The van der Waals surface area contributed by atoms with Crippen molar-refractivity contribution in [1.82, 2.24) is 10.2 Å². The Morgan fingerprint density at radius 3 is 2.61 bits per heavy atom. The van der Waals surface area contributed by atoms with Crippen LogP contribution in [0.3, 0.4) is 0 Å². The number of rotatable bonds is 10. The number of ether oxygens (including phenoxy) is 3. The van der Waals surface area contributed by atoms with E-state index in [1.54, 1.807) is 30.3 Å². The molecule has 1 aromatic carbocycles. The average molecular weight is 480 g/mol. The lowest BCUT2D eigenvalue weighted by atomic mass is 9.97. The summed E-state index contributed by atoms with van der Waals surface area (Å²) in [6.07, 6.45) is 0. The molecule has 1 fully saturated rings. The highest BCUT2D eigenvalue weighted by Crippen LogP contribution is 2.47. The van der Waals surface area contributed by atoms with Gasteiger partial charge in [-0.15, -0.1) is 11.8 Å². The van der Waals surface area contributed by atoms with Crippen molar-refractivity contribution < 1.29 is 38.5 Å². The number of thioether (sulfide) groups is 1. The van der Waals surface area contributed by atoms with E-state index in [2.05, 4.69) is 5.32 Å². The summed E-state index contributed by atoms with van der Waals surface area (Å²) in [5.74, 6) is -3.19. The molecular formula is C21H25N3O8S. The molecule has 0 aromatic heterocycles. The van der Waals surface area contributed by atoms with Crippen LogP contribution in [0.15, 0.2) is 41.6 Å². The van der Waals surface area contributed by atoms with Crippen molar-refractivity contribution >= 4 is 35.5 Å². The summed E-state index contributed by atoms with van der Waals surface area (Å²) in [6.45, 7) is 1.06. The molecule has 11 nitrogen and oxygen atoms in total. The van der Waals surface area contributed by atoms with Crippen LogP contribution in [0.4, 0.5) is 0 Å². The number of carboxylic acid groups (broad SMARTS) is 1. The molecule has 33 heavy (non-hydrogen) atoms. The summed E-state index contributed by atoms with van der Waals surface area (Å²) in [6, 6.07) is 7.53. The van der Waals surface area contributed by atoms with Gasteiger partial charge in [0, 0.05) is 25.4 Å². The number of fused-ring (bicyclic) bond motifs is 1. The second kappa shape index (κ2) is 10.3. The Labute approximate surface area is 194 Å². The van der Waals surface area contributed by atoms with Crippen LogP contribution in [0.2, 0.25) is 0 Å². The summed E-state index contributed by atoms with van der Waals surface area (Å²) in [4.78, 5) is 50.4. The third kappa shape index (κ3) is 4.88. The molecule has 0 spiro atoms. The number of aliphatic carboxylic acids is 1. The van der Waals surface area contributed by atoms with Gasteiger partial charge in [0.05, 0.1) is 13.2 Å². The van der Waals surface area contributed by atoms with Crippen LogP contribution in [-0.4, -0.2) is 77.5 Å². The van der Waals surface area contributed by atoms with Crippen molar-refractivity contribution in [2.45, 2.75) is 24.1 Å². The van der Waals surface area contributed by atoms with Crippen molar-refractivity contribution in [3.63, 3.8) is 0 Å². The maximum Gasteiger partial charge on any atom is 0.352 e. The van der Waals surface area contributed by atoms with Crippen molar-refractivity contribution in [3.8, 4) is 0 Å². The first-order valence-corrected chi connectivity index (χ1v) is 11.1. The van der Waals surface area contributed by atoms with Crippen LogP contribution in [0.25, 0.3) is 0 Å². The molecule has 0 aliphatic carbocycles.